The van der Waals surface area contributed by atoms with E-state index in [-0.39, 0.29) is 29.1 Å². The lowest BCUT2D eigenvalue weighted by atomic mass is 10.1. The zero-order chi connectivity index (χ0) is 25.1. The molecule has 182 valence electrons. The molecule has 0 spiro atoms. The summed E-state index contributed by atoms with van der Waals surface area (Å²) in [5.74, 6) is 0.115. The summed E-state index contributed by atoms with van der Waals surface area (Å²) in [5, 5.41) is 7.98. The third-order valence-electron chi connectivity index (χ3n) is 5.51. The van der Waals surface area contributed by atoms with E-state index in [2.05, 4.69) is 25.9 Å². The number of para-hydroxylation sites is 2. The van der Waals surface area contributed by atoms with Crippen LogP contribution in [0, 0.1) is 6.92 Å². The molecule has 0 atom stereocenters. The van der Waals surface area contributed by atoms with Gasteiger partial charge in [-0.05, 0) is 37.1 Å². The molecule has 0 saturated carbocycles. The van der Waals surface area contributed by atoms with Crippen LogP contribution in [0.1, 0.15) is 17.7 Å². The van der Waals surface area contributed by atoms with Crippen LogP contribution in [0.3, 0.4) is 0 Å². The summed E-state index contributed by atoms with van der Waals surface area (Å²) in [4.78, 5) is 46.2. The molecule has 0 radical (unpaired) electrons. The monoisotopic (exact) mass is 502 g/mol. The normalized spacial score (nSPS) is 11.1. The van der Waals surface area contributed by atoms with Crippen LogP contribution in [-0.2, 0) is 16.0 Å². The highest BCUT2D eigenvalue weighted by Crippen LogP contribution is 2.20. The summed E-state index contributed by atoms with van der Waals surface area (Å²) in [6.45, 7) is 1.72. The second-order valence-corrected chi connectivity index (χ2v) is 9.05. The van der Waals surface area contributed by atoms with Crippen molar-refractivity contribution in [2.75, 3.05) is 16.5 Å². The highest BCUT2D eigenvalue weighted by molar-refractivity contribution is 7.99. The molecule has 3 heterocycles. The first-order valence-corrected chi connectivity index (χ1v) is 12.2. The zero-order valence-electron chi connectivity index (χ0n) is 19.3. The molecule has 0 bridgehead atoms. The van der Waals surface area contributed by atoms with Crippen molar-refractivity contribution < 1.29 is 14.1 Å². The number of anilines is 1. The molecule has 0 aliphatic heterocycles. The molecular weight excluding hydrogens is 480 g/mol. The maximum absolute atomic E-state index is 13.2. The molecule has 10 nitrogen and oxygen atoms in total. The molecule has 3 aromatic heterocycles. The second kappa shape index (κ2) is 10.1. The van der Waals surface area contributed by atoms with Gasteiger partial charge in [-0.25, -0.2) is 4.98 Å². The fourth-order valence-corrected chi connectivity index (χ4v) is 4.56. The van der Waals surface area contributed by atoms with Gasteiger partial charge < -0.3 is 14.8 Å². The van der Waals surface area contributed by atoms with Crippen molar-refractivity contribution in [2.24, 2.45) is 0 Å². The van der Waals surface area contributed by atoms with Gasteiger partial charge >= 0.3 is 0 Å². The predicted molar refractivity (Wildman–Crippen MR) is 138 cm³/mol. The first-order chi connectivity index (χ1) is 17.5. The number of rotatable bonds is 8. The van der Waals surface area contributed by atoms with Gasteiger partial charge in [0.2, 0.25) is 11.8 Å². The van der Waals surface area contributed by atoms with Gasteiger partial charge in [0.25, 0.3) is 5.56 Å². The van der Waals surface area contributed by atoms with Gasteiger partial charge in [-0.1, -0.05) is 47.3 Å². The molecule has 2 amide bonds. The van der Waals surface area contributed by atoms with Crippen molar-refractivity contribution in [3.05, 3.63) is 82.5 Å². The number of aromatic nitrogens is 4. The van der Waals surface area contributed by atoms with Gasteiger partial charge in [0, 0.05) is 29.6 Å². The molecule has 36 heavy (non-hydrogen) atoms. The molecule has 2 aromatic carbocycles. The Morgan fingerprint density at radius 2 is 1.86 bits per heavy atom. The Morgan fingerprint density at radius 1 is 1.08 bits per heavy atom. The minimum Gasteiger partial charge on any atom is -0.361 e. The number of amides is 2. The van der Waals surface area contributed by atoms with Crippen LogP contribution in [0.2, 0.25) is 0 Å². The lowest BCUT2D eigenvalue weighted by molar-refractivity contribution is -0.117. The maximum atomic E-state index is 13.2. The van der Waals surface area contributed by atoms with Gasteiger partial charge in [-0.3, -0.25) is 19.8 Å². The van der Waals surface area contributed by atoms with Gasteiger partial charge in [-0.15, -0.1) is 0 Å². The van der Waals surface area contributed by atoms with E-state index in [9.17, 15) is 14.4 Å². The van der Waals surface area contributed by atoms with E-state index in [0.29, 0.717) is 28.9 Å². The molecule has 0 saturated heterocycles. The number of nitrogens with one attached hydrogen (secondary N) is 3. The molecule has 5 aromatic rings. The van der Waals surface area contributed by atoms with Crippen LogP contribution < -0.4 is 16.3 Å². The van der Waals surface area contributed by atoms with E-state index in [0.717, 1.165) is 32.9 Å². The van der Waals surface area contributed by atoms with Gasteiger partial charge in [-0.2, -0.15) is 4.68 Å². The van der Waals surface area contributed by atoms with Crippen molar-refractivity contribution >= 4 is 51.2 Å². The number of thioether (sulfide) groups is 1. The molecule has 0 fully saturated rings. The van der Waals surface area contributed by atoms with E-state index < -0.39 is 5.56 Å². The largest absolute Gasteiger partial charge is 0.361 e. The quantitative estimate of drug-likeness (QED) is 0.218. The standard InChI is InChI=1S/C25H22N6O4S/c1-15-12-21(30-35-15)28-23(33)14-36-25-27-20-9-5-3-7-18(20)24(34)31(25)29-22(32)11-10-16-13-26-19-8-4-2-6-17(16)19/h2-9,12-13,26H,10-11,14H2,1H3,(H,29,32)(H,28,30,33). The maximum Gasteiger partial charge on any atom is 0.281 e. The average Bonchev–Trinajstić information content (AvgIpc) is 3.49. The Kier molecular flexibility index (Phi) is 6.54. The number of nitrogens with zero attached hydrogens (tertiary/aromatic N) is 3. The Hall–Kier alpha value is -4.38. The zero-order valence-corrected chi connectivity index (χ0v) is 20.1. The molecule has 0 aliphatic rings. The van der Waals surface area contributed by atoms with Crippen LogP contribution in [0.5, 0.6) is 0 Å². The van der Waals surface area contributed by atoms with Crippen LogP contribution in [-0.4, -0.2) is 37.4 Å². The van der Waals surface area contributed by atoms with Crippen molar-refractivity contribution in [3.8, 4) is 0 Å². The lowest BCUT2D eigenvalue weighted by Crippen LogP contribution is -2.35. The Bertz CT molecular complexity index is 1640. The Labute approximate surface area is 209 Å². The van der Waals surface area contributed by atoms with Gasteiger partial charge in [0.1, 0.15) is 5.76 Å². The van der Waals surface area contributed by atoms with Crippen molar-refractivity contribution in [1.82, 2.24) is 19.8 Å². The fraction of sp³-hybridized carbons (Fsp3) is 0.160. The smallest absolute Gasteiger partial charge is 0.281 e. The Morgan fingerprint density at radius 3 is 2.67 bits per heavy atom. The number of fused-ring (bicyclic) bond motifs is 2. The summed E-state index contributed by atoms with van der Waals surface area (Å²) >= 11 is 1.03. The molecular formula is C25H22N6O4S. The third-order valence-corrected chi connectivity index (χ3v) is 6.44. The molecule has 0 unspecified atom stereocenters. The first-order valence-electron chi connectivity index (χ1n) is 11.2. The van der Waals surface area contributed by atoms with E-state index in [1.807, 2.05) is 30.5 Å². The highest BCUT2D eigenvalue weighted by Gasteiger charge is 2.16. The van der Waals surface area contributed by atoms with Crippen LogP contribution >= 0.6 is 11.8 Å². The Balaban J connectivity index is 1.33. The number of aryl methyl sites for hydroxylation is 2. The summed E-state index contributed by atoms with van der Waals surface area (Å²) < 4.78 is 6.06. The number of H-pyrrole nitrogens is 1. The number of hydrogen-bond acceptors (Lipinski definition) is 7. The second-order valence-electron chi connectivity index (χ2n) is 8.11. The van der Waals surface area contributed by atoms with Crippen molar-refractivity contribution in [3.63, 3.8) is 0 Å². The SMILES string of the molecule is Cc1cc(NC(=O)CSc2nc3ccccc3c(=O)n2NC(=O)CCc2c[nH]c3ccccc23)no1. The van der Waals surface area contributed by atoms with E-state index in [4.69, 9.17) is 4.52 Å². The molecule has 3 N–H and O–H groups in total. The minimum atomic E-state index is -0.420. The number of carbonyl (C=O) groups excluding carboxylic acids is 2. The summed E-state index contributed by atoms with van der Waals surface area (Å²) in [7, 11) is 0. The van der Waals surface area contributed by atoms with Crippen LogP contribution in [0.15, 0.2) is 75.3 Å². The van der Waals surface area contributed by atoms with E-state index >= 15 is 0 Å². The van der Waals surface area contributed by atoms with Crippen LogP contribution in [0.4, 0.5) is 5.82 Å². The number of aromatic amines is 1. The van der Waals surface area contributed by atoms with Crippen molar-refractivity contribution in [2.45, 2.75) is 24.9 Å². The third kappa shape index (κ3) is 5.01. The average molecular weight is 503 g/mol. The van der Waals surface area contributed by atoms with E-state index in [1.54, 1.807) is 37.3 Å². The topological polar surface area (TPSA) is 135 Å². The lowest BCUT2D eigenvalue weighted by Gasteiger charge is -2.14. The van der Waals surface area contributed by atoms with Crippen molar-refractivity contribution in [1.29, 1.82) is 0 Å². The number of hydrogen-bond donors (Lipinski definition) is 3. The number of carbonyl (C=O) groups is 2. The summed E-state index contributed by atoms with van der Waals surface area (Å²) in [5.41, 5.74) is 4.74. The summed E-state index contributed by atoms with van der Waals surface area (Å²) in [6, 6.07) is 16.3. The van der Waals surface area contributed by atoms with Crippen LogP contribution in [0.25, 0.3) is 21.8 Å². The first kappa shape index (κ1) is 23.4. The van der Waals surface area contributed by atoms with Gasteiger partial charge in [0.05, 0.1) is 16.7 Å². The number of benzene rings is 2. The van der Waals surface area contributed by atoms with E-state index in [1.165, 1.54) is 0 Å². The molecule has 11 heteroatoms. The molecule has 0 aliphatic carbocycles. The predicted octanol–water partition coefficient (Wildman–Crippen LogP) is 3.61. The fourth-order valence-electron chi connectivity index (χ4n) is 3.81. The minimum absolute atomic E-state index is 0.0537. The van der Waals surface area contributed by atoms with Gasteiger partial charge in [0.15, 0.2) is 11.0 Å². The highest BCUT2D eigenvalue weighted by atomic mass is 32.2. The molecule has 5 rings (SSSR count). The summed E-state index contributed by atoms with van der Waals surface area (Å²) in [6.07, 6.45) is 2.54.